The monoisotopic (exact) mass is 564 g/mol. The summed E-state index contributed by atoms with van der Waals surface area (Å²) in [5, 5.41) is 14.0. The maximum absolute atomic E-state index is 14.0. The van der Waals surface area contributed by atoms with Crippen molar-refractivity contribution < 1.29 is 33.8 Å². The molecule has 1 N–H and O–H groups in total. The molecule has 1 fully saturated rings. The average molecular weight is 565 g/mol. The number of hydrogen-bond acceptors (Lipinski definition) is 6. The lowest BCUT2D eigenvalue weighted by Crippen LogP contribution is -3.12. The summed E-state index contributed by atoms with van der Waals surface area (Å²) in [4.78, 5) is 29.9. The summed E-state index contributed by atoms with van der Waals surface area (Å²) in [5.74, 6) is 0.579. The summed E-state index contributed by atoms with van der Waals surface area (Å²) < 4.78 is 17.8. The SMILES string of the molecule is CCOc1cc(C2/C(=C(\[O-])c3ccc4c(c3)CC(C)O4)C(=O)C(=O)N2CC[NH+](CC)CC)ccc1OCCC(C)C. The number of benzene rings is 2. The number of carbonyl (C=O) groups is 2. The Labute approximate surface area is 243 Å². The van der Waals surface area contributed by atoms with Gasteiger partial charge in [0.25, 0.3) is 5.91 Å². The molecule has 0 bridgehead atoms. The van der Waals surface area contributed by atoms with E-state index in [2.05, 4.69) is 27.7 Å². The number of hydrogen-bond donors (Lipinski definition) is 1. The topological polar surface area (TPSA) is 92.6 Å². The molecule has 222 valence electrons. The number of fused-ring (bicyclic) bond motifs is 1. The zero-order chi connectivity index (χ0) is 29.7. The third-order valence-electron chi connectivity index (χ3n) is 7.93. The average Bonchev–Trinajstić information content (AvgIpc) is 3.44. The first kappa shape index (κ1) is 30.4. The van der Waals surface area contributed by atoms with Crippen LogP contribution in [0.5, 0.6) is 17.2 Å². The lowest BCUT2D eigenvalue weighted by atomic mass is 9.94. The Morgan fingerprint density at radius 1 is 1.07 bits per heavy atom. The number of ether oxygens (including phenoxy) is 3. The van der Waals surface area contributed by atoms with Gasteiger partial charge in [0.15, 0.2) is 11.5 Å². The van der Waals surface area contributed by atoms with Gasteiger partial charge in [-0.3, -0.25) is 9.59 Å². The van der Waals surface area contributed by atoms with Crippen molar-refractivity contribution >= 4 is 17.4 Å². The van der Waals surface area contributed by atoms with Gasteiger partial charge in [0.2, 0.25) is 5.78 Å². The number of rotatable bonds is 13. The highest BCUT2D eigenvalue weighted by Crippen LogP contribution is 2.42. The van der Waals surface area contributed by atoms with E-state index in [9.17, 15) is 14.7 Å². The Morgan fingerprint density at radius 3 is 2.51 bits per heavy atom. The number of carbonyl (C=O) groups excluding carboxylic acids is 2. The molecule has 2 aliphatic heterocycles. The molecule has 8 heteroatoms. The number of nitrogens with one attached hydrogen (secondary N) is 1. The van der Waals surface area contributed by atoms with Gasteiger partial charge in [-0.15, -0.1) is 0 Å². The van der Waals surface area contributed by atoms with Gasteiger partial charge in [0.05, 0.1) is 45.4 Å². The van der Waals surface area contributed by atoms with Crippen molar-refractivity contribution in [2.24, 2.45) is 5.92 Å². The Morgan fingerprint density at radius 2 is 1.83 bits per heavy atom. The van der Waals surface area contributed by atoms with Crippen LogP contribution in [0.2, 0.25) is 0 Å². The minimum Gasteiger partial charge on any atom is -0.872 e. The molecule has 4 rings (SSSR count). The molecule has 1 amide bonds. The highest BCUT2D eigenvalue weighted by molar-refractivity contribution is 6.46. The summed E-state index contributed by atoms with van der Waals surface area (Å²) in [6.07, 6.45) is 1.62. The van der Waals surface area contributed by atoms with E-state index in [1.807, 2.05) is 32.0 Å². The number of likely N-dealkylation sites (N-methyl/N-ethyl adjacent to an activating group) is 1. The Hall–Kier alpha value is -3.52. The normalized spacial score (nSPS) is 19.7. The minimum atomic E-state index is -0.815. The number of nitrogens with zero attached hydrogens (tertiary/aromatic N) is 1. The van der Waals surface area contributed by atoms with Gasteiger partial charge in [0.1, 0.15) is 11.9 Å². The van der Waals surface area contributed by atoms with Crippen LogP contribution >= 0.6 is 0 Å². The maximum atomic E-state index is 14.0. The molecule has 2 atom stereocenters. The van der Waals surface area contributed by atoms with Crippen molar-refractivity contribution in [1.82, 2.24) is 4.90 Å². The van der Waals surface area contributed by atoms with Crippen LogP contribution in [0.1, 0.15) is 70.7 Å². The quantitative estimate of drug-likeness (QED) is 0.229. The van der Waals surface area contributed by atoms with Crippen molar-refractivity contribution in [2.45, 2.75) is 66.5 Å². The Kier molecular flexibility index (Phi) is 9.97. The number of ketones is 1. The van der Waals surface area contributed by atoms with Gasteiger partial charge in [-0.25, -0.2) is 0 Å². The molecule has 0 aromatic heterocycles. The second-order valence-corrected chi connectivity index (χ2v) is 11.3. The number of Topliss-reactive ketones (excluding diaryl/α,β-unsaturated/α-hetero) is 1. The second kappa shape index (κ2) is 13.4. The molecule has 1 saturated heterocycles. The minimum absolute atomic E-state index is 0.0209. The van der Waals surface area contributed by atoms with Crippen molar-refractivity contribution in [1.29, 1.82) is 0 Å². The molecule has 8 nitrogen and oxygen atoms in total. The van der Waals surface area contributed by atoms with Crippen LogP contribution in [-0.4, -0.2) is 62.1 Å². The zero-order valence-electron chi connectivity index (χ0n) is 25.2. The van der Waals surface area contributed by atoms with Gasteiger partial charge < -0.3 is 29.1 Å². The summed E-state index contributed by atoms with van der Waals surface area (Å²) >= 11 is 0. The lowest BCUT2D eigenvalue weighted by Gasteiger charge is -2.29. The first-order valence-corrected chi connectivity index (χ1v) is 15.0. The first-order valence-electron chi connectivity index (χ1n) is 15.0. The van der Waals surface area contributed by atoms with Gasteiger partial charge in [0, 0.05) is 12.0 Å². The maximum Gasteiger partial charge on any atom is 0.295 e. The predicted octanol–water partition coefficient (Wildman–Crippen LogP) is 2.98. The van der Waals surface area contributed by atoms with Gasteiger partial charge in [-0.2, -0.15) is 0 Å². The molecule has 2 aromatic carbocycles. The van der Waals surface area contributed by atoms with E-state index in [0.29, 0.717) is 61.3 Å². The molecular weight excluding hydrogens is 520 g/mol. The van der Waals surface area contributed by atoms with Crippen molar-refractivity contribution in [3.63, 3.8) is 0 Å². The molecule has 0 aliphatic carbocycles. The second-order valence-electron chi connectivity index (χ2n) is 11.3. The van der Waals surface area contributed by atoms with E-state index in [0.717, 1.165) is 30.8 Å². The van der Waals surface area contributed by atoms with Crippen LogP contribution in [0.25, 0.3) is 5.76 Å². The number of amides is 1. The summed E-state index contributed by atoms with van der Waals surface area (Å²) in [6, 6.07) is 9.91. The van der Waals surface area contributed by atoms with Crippen molar-refractivity contribution in [2.75, 3.05) is 39.4 Å². The van der Waals surface area contributed by atoms with E-state index < -0.39 is 23.5 Å². The molecule has 2 aromatic rings. The number of likely N-dealkylation sites (tertiary alicyclic amines) is 1. The van der Waals surface area contributed by atoms with Crippen LogP contribution < -0.4 is 24.2 Å². The van der Waals surface area contributed by atoms with Crippen LogP contribution in [0.15, 0.2) is 42.0 Å². The van der Waals surface area contributed by atoms with Crippen molar-refractivity contribution in [3.05, 3.63) is 58.7 Å². The molecular formula is C33H44N2O6. The van der Waals surface area contributed by atoms with Crippen molar-refractivity contribution in [3.8, 4) is 17.2 Å². The summed E-state index contributed by atoms with van der Waals surface area (Å²) in [7, 11) is 0. The smallest absolute Gasteiger partial charge is 0.295 e. The van der Waals surface area contributed by atoms with Crippen LogP contribution in [-0.2, 0) is 16.0 Å². The summed E-state index contributed by atoms with van der Waals surface area (Å²) in [6.45, 7) is 16.2. The van der Waals surface area contributed by atoms with Crippen LogP contribution in [0, 0.1) is 5.92 Å². The highest BCUT2D eigenvalue weighted by atomic mass is 16.5. The third kappa shape index (κ3) is 6.70. The molecule has 0 saturated carbocycles. The third-order valence-corrected chi connectivity index (χ3v) is 7.93. The largest absolute Gasteiger partial charge is 0.872 e. The molecule has 2 heterocycles. The molecule has 2 unspecified atom stereocenters. The van der Waals surface area contributed by atoms with E-state index >= 15 is 0 Å². The first-order chi connectivity index (χ1) is 19.7. The predicted molar refractivity (Wildman–Crippen MR) is 156 cm³/mol. The lowest BCUT2D eigenvalue weighted by molar-refractivity contribution is -0.895. The molecule has 2 aliphatic rings. The Bertz CT molecular complexity index is 1280. The van der Waals surface area contributed by atoms with Gasteiger partial charge in [-0.1, -0.05) is 31.7 Å². The fourth-order valence-electron chi connectivity index (χ4n) is 5.54. The standard InChI is InChI=1S/C33H44N2O6/c1-7-34(8-2)15-16-35-30(23-10-13-27(28(20-23)39-9-3)40-17-14-21(4)5)29(32(37)33(35)38)31(36)24-11-12-26-25(19-24)18-22(6)41-26/h10-13,19-22,30,36H,7-9,14-18H2,1-6H3/b31-29+. The highest BCUT2D eigenvalue weighted by Gasteiger charge is 2.44. The Balaban J connectivity index is 1.78. The summed E-state index contributed by atoms with van der Waals surface area (Å²) in [5.41, 5.74) is 1.95. The molecule has 0 radical (unpaired) electrons. The van der Waals surface area contributed by atoms with Gasteiger partial charge >= 0.3 is 0 Å². The van der Waals surface area contributed by atoms with E-state index in [1.165, 1.54) is 4.90 Å². The fraction of sp³-hybridized carbons (Fsp3) is 0.515. The number of quaternary nitrogens is 1. The fourth-order valence-corrected chi connectivity index (χ4v) is 5.54. The zero-order valence-corrected chi connectivity index (χ0v) is 25.2. The van der Waals surface area contributed by atoms with E-state index in [1.54, 1.807) is 23.1 Å². The van der Waals surface area contributed by atoms with Crippen LogP contribution in [0.4, 0.5) is 0 Å². The molecule has 41 heavy (non-hydrogen) atoms. The molecule has 0 spiro atoms. The van der Waals surface area contributed by atoms with E-state index in [-0.39, 0.29) is 11.7 Å². The van der Waals surface area contributed by atoms with E-state index in [4.69, 9.17) is 14.2 Å². The van der Waals surface area contributed by atoms with Crippen LogP contribution in [0.3, 0.4) is 0 Å². The van der Waals surface area contributed by atoms with Gasteiger partial charge in [-0.05, 0) is 81.0 Å².